The van der Waals surface area contributed by atoms with Crippen LogP contribution in [0, 0.1) is 11.3 Å². The molecule has 1 heterocycles. The molecule has 142 valence electrons. The molecule has 3 rings (SSSR count). The number of hydrogen-bond acceptors (Lipinski definition) is 5. The molecule has 27 heavy (non-hydrogen) atoms. The smallest absolute Gasteiger partial charge is 0.124 e. The maximum Gasteiger partial charge on any atom is 0.124 e. The largest absolute Gasteiger partial charge is 0.507 e. The van der Waals surface area contributed by atoms with Crippen molar-refractivity contribution in [3.8, 4) is 17.2 Å². The molecular formula is C21H25N3O3. The Morgan fingerprint density at radius 3 is 2.48 bits per heavy atom. The fraction of sp³-hybridized carbons (Fsp3) is 0.333. The van der Waals surface area contributed by atoms with Crippen molar-refractivity contribution in [3.05, 3.63) is 53.6 Å². The van der Waals surface area contributed by atoms with Crippen molar-refractivity contribution in [1.29, 1.82) is 5.41 Å². The minimum atomic E-state index is 0.149. The van der Waals surface area contributed by atoms with E-state index >= 15 is 0 Å². The van der Waals surface area contributed by atoms with E-state index in [1.54, 1.807) is 31.4 Å². The zero-order valence-corrected chi connectivity index (χ0v) is 15.9. The monoisotopic (exact) mass is 367 g/mol. The highest BCUT2D eigenvalue weighted by Gasteiger charge is 2.27. The van der Waals surface area contributed by atoms with Crippen molar-refractivity contribution < 1.29 is 14.6 Å². The van der Waals surface area contributed by atoms with Crippen LogP contribution in [0.15, 0.2) is 47.6 Å². The summed E-state index contributed by atoms with van der Waals surface area (Å²) in [7, 11) is 3.25. The number of benzene rings is 2. The molecule has 0 aliphatic carbocycles. The highest BCUT2D eigenvalue weighted by atomic mass is 16.5. The SMILES string of the molecule is COc1cc(CCC(=N)N2CC(C)C(c3ccccc3O)=N2)cc(OC)c1. The van der Waals surface area contributed by atoms with E-state index in [2.05, 4.69) is 12.0 Å². The van der Waals surface area contributed by atoms with E-state index in [0.717, 1.165) is 28.3 Å². The third-order valence-corrected chi connectivity index (χ3v) is 4.70. The van der Waals surface area contributed by atoms with Gasteiger partial charge >= 0.3 is 0 Å². The Labute approximate surface area is 159 Å². The van der Waals surface area contributed by atoms with E-state index in [1.807, 2.05) is 30.3 Å². The number of nitrogens with zero attached hydrogens (tertiary/aromatic N) is 2. The van der Waals surface area contributed by atoms with Crippen LogP contribution in [-0.2, 0) is 6.42 Å². The molecular weight excluding hydrogens is 342 g/mol. The molecule has 0 aromatic heterocycles. The van der Waals surface area contributed by atoms with Gasteiger partial charge in [-0.05, 0) is 36.2 Å². The number of amidine groups is 1. The van der Waals surface area contributed by atoms with Crippen molar-refractivity contribution in [2.75, 3.05) is 20.8 Å². The van der Waals surface area contributed by atoms with Gasteiger partial charge in [-0.2, -0.15) is 5.10 Å². The van der Waals surface area contributed by atoms with Crippen LogP contribution in [0.3, 0.4) is 0 Å². The minimum absolute atomic E-state index is 0.149. The Bertz CT molecular complexity index is 841. The Kier molecular flexibility index (Phi) is 5.64. The van der Waals surface area contributed by atoms with Gasteiger partial charge in [-0.3, -0.25) is 10.4 Å². The van der Waals surface area contributed by atoms with Crippen LogP contribution < -0.4 is 9.47 Å². The average Bonchev–Trinajstić information content (AvgIpc) is 3.07. The van der Waals surface area contributed by atoms with Gasteiger partial charge < -0.3 is 14.6 Å². The number of methoxy groups -OCH3 is 2. The van der Waals surface area contributed by atoms with Crippen molar-refractivity contribution in [3.63, 3.8) is 0 Å². The van der Waals surface area contributed by atoms with E-state index in [1.165, 1.54) is 0 Å². The number of phenolic OH excluding ortho intramolecular Hbond substituents is 1. The number of ether oxygens (including phenoxy) is 2. The number of aryl methyl sites for hydroxylation is 1. The molecule has 1 unspecified atom stereocenters. The number of hydrogen-bond donors (Lipinski definition) is 2. The summed E-state index contributed by atoms with van der Waals surface area (Å²) in [6.07, 6.45) is 1.25. The molecule has 2 aromatic carbocycles. The summed E-state index contributed by atoms with van der Waals surface area (Å²) in [6.45, 7) is 2.70. The van der Waals surface area contributed by atoms with Gasteiger partial charge in [0.15, 0.2) is 0 Å². The summed E-state index contributed by atoms with van der Waals surface area (Å²) >= 11 is 0. The molecule has 0 saturated carbocycles. The van der Waals surface area contributed by atoms with Crippen molar-refractivity contribution in [1.82, 2.24) is 5.01 Å². The second-order valence-electron chi connectivity index (χ2n) is 6.65. The summed E-state index contributed by atoms with van der Waals surface area (Å²) < 4.78 is 10.6. The third kappa shape index (κ3) is 4.22. The standard InChI is InChI=1S/C21H25N3O3/c1-14-13-24(23-21(14)18-6-4-5-7-19(18)25)20(22)9-8-15-10-16(26-2)12-17(11-15)27-3/h4-7,10-12,14,22,25H,8-9,13H2,1-3H3. The Morgan fingerprint density at radius 2 is 1.85 bits per heavy atom. The lowest BCUT2D eigenvalue weighted by Crippen LogP contribution is -2.25. The fourth-order valence-corrected chi connectivity index (χ4v) is 3.20. The van der Waals surface area contributed by atoms with Crippen LogP contribution in [0.2, 0.25) is 0 Å². The third-order valence-electron chi connectivity index (χ3n) is 4.70. The van der Waals surface area contributed by atoms with Gasteiger partial charge in [-0.1, -0.05) is 19.1 Å². The summed E-state index contributed by atoms with van der Waals surface area (Å²) in [6, 6.07) is 12.9. The molecule has 0 radical (unpaired) electrons. The van der Waals surface area contributed by atoms with Gasteiger partial charge in [0.1, 0.15) is 23.1 Å². The maximum atomic E-state index is 10.1. The molecule has 0 fully saturated rings. The van der Waals surface area contributed by atoms with Crippen molar-refractivity contribution >= 4 is 11.5 Å². The van der Waals surface area contributed by atoms with E-state index in [0.29, 0.717) is 25.2 Å². The summed E-state index contributed by atoms with van der Waals surface area (Å²) in [5.41, 5.74) is 2.60. The number of phenols is 1. The summed E-state index contributed by atoms with van der Waals surface area (Å²) in [5.74, 6) is 2.31. The summed E-state index contributed by atoms with van der Waals surface area (Å²) in [5, 5.41) is 24.8. The van der Waals surface area contributed by atoms with Crippen molar-refractivity contribution in [2.45, 2.75) is 19.8 Å². The highest BCUT2D eigenvalue weighted by molar-refractivity contribution is 6.06. The van der Waals surface area contributed by atoms with Gasteiger partial charge in [-0.15, -0.1) is 0 Å². The van der Waals surface area contributed by atoms with Crippen LogP contribution in [-0.4, -0.2) is 42.4 Å². The van der Waals surface area contributed by atoms with Crippen LogP contribution >= 0.6 is 0 Å². The van der Waals surface area contributed by atoms with E-state index < -0.39 is 0 Å². The molecule has 2 aromatic rings. The second-order valence-corrected chi connectivity index (χ2v) is 6.65. The topological polar surface area (TPSA) is 78.1 Å². The highest BCUT2D eigenvalue weighted by Crippen LogP contribution is 2.27. The first-order valence-electron chi connectivity index (χ1n) is 8.95. The second kappa shape index (κ2) is 8.12. The first-order valence-corrected chi connectivity index (χ1v) is 8.95. The molecule has 1 atom stereocenters. The first-order chi connectivity index (χ1) is 13.0. The normalized spacial score (nSPS) is 16.2. The van der Waals surface area contributed by atoms with E-state index in [9.17, 15) is 5.11 Å². The summed E-state index contributed by atoms with van der Waals surface area (Å²) in [4.78, 5) is 0. The molecule has 6 nitrogen and oxygen atoms in total. The van der Waals surface area contributed by atoms with Crippen LogP contribution in [0.5, 0.6) is 17.2 Å². The predicted molar refractivity (Wildman–Crippen MR) is 106 cm³/mol. The number of para-hydroxylation sites is 1. The average molecular weight is 367 g/mol. The quantitative estimate of drug-likeness (QED) is 0.603. The minimum Gasteiger partial charge on any atom is -0.507 e. The zero-order valence-electron chi connectivity index (χ0n) is 15.9. The maximum absolute atomic E-state index is 10.1. The Hall–Kier alpha value is -3.02. The number of nitrogens with one attached hydrogen (secondary N) is 1. The molecule has 0 saturated heterocycles. The molecule has 0 bridgehead atoms. The molecule has 1 aliphatic rings. The Morgan fingerprint density at radius 1 is 1.19 bits per heavy atom. The molecule has 0 spiro atoms. The lowest BCUT2D eigenvalue weighted by molar-refractivity contribution is 0.393. The number of hydrazone groups is 1. The van der Waals surface area contributed by atoms with Gasteiger partial charge in [0.05, 0.1) is 26.5 Å². The van der Waals surface area contributed by atoms with E-state index in [4.69, 9.17) is 14.9 Å². The van der Waals surface area contributed by atoms with Crippen LogP contribution in [0.25, 0.3) is 0 Å². The lowest BCUT2D eigenvalue weighted by atomic mass is 9.98. The fourth-order valence-electron chi connectivity index (χ4n) is 3.20. The lowest BCUT2D eigenvalue weighted by Gasteiger charge is -2.16. The number of rotatable bonds is 6. The molecule has 6 heteroatoms. The predicted octanol–water partition coefficient (Wildman–Crippen LogP) is 3.68. The van der Waals surface area contributed by atoms with Gasteiger partial charge in [0.2, 0.25) is 0 Å². The van der Waals surface area contributed by atoms with Gasteiger partial charge in [-0.25, -0.2) is 0 Å². The Balaban J connectivity index is 1.69. The van der Waals surface area contributed by atoms with Gasteiger partial charge in [0, 0.05) is 24.0 Å². The molecule has 2 N–H and O–H groups in total. The van der Waals surface area contributed by atoms with Crippen molar-refractivity contribution in [2.24, 2.45) is 11.0 Å². The first kappa shape index (κ1) is 18.8. The van der Waals surface area contributed by atoms with Gasteiger partial charge in [0.25, 0.3) is 0 Å². The van der Waals surface area contributed by atoms with E-state index in [-0.39, 0.29) is 11.7 Å². The molecule has 1 aliphatic heterocycles. The van der Waals surface area contributed by atoms with Crippen LogP contribution in [0.1, 0.15) is 24.5 Å². The number of aromatic hydroxyl groups is 1. The molecule has 0 amide bonds. The van der Waals surface area contributed by atoms with Crippen LogP contribution in [0.4, 0.5) is 0 Å². The zero-order chi connectivity index (χ0) is 19.4.